The summed E-state index contributed by atoms with van der Waals surface area (Å²) in [5.74, 6) is -1.35. The number of hydrogen-bond donors (Lipinski definition) is 3. The maximum absolute atomic E-state index is 11.7. The molecule has 1 aromatic rings. The van der Waals surface area contributed by atoms with Gasteiger partial charge < -0.3 is 20.5 Å². The zero-order chi connectivity index (χ0) is 16.7. The zero-order valence-corrected chi connectivity index (χ0v) is 12.7. The standard InChI is InChI=1S/C16H20N2O5/c19-14(18-12-7-6-11(8-12)16(21)22)9-17-15(20)10-23-13-4-2-1-3-5-13/h1-5,11-12H,6-10H2,(H,17,20)(H,18,19)(H,21,22)/t11-,12+/m0/s1. The molecule has 0 saturated heterocycles. The Kier molecular flexibility index (Phi) is 5.96. The van der Waals surface area contributed by atoms with E-state index in [1.165, 1.54) is 0 Å². The summed E-state index contributed by atoms with van der Waals surface area (Å²) in [4.78, 5) is 34.2. The highest BCUT2D eigenvalue weighted by atomic mass is 16.5. The van der Waals surface area contributed by atoms with Crippen LogP contribution in [-0.2, 0) is 14.4 Å². The summed E-state index contributed by atoms with van der Waals surface area (Å²) in [5.41, 5.74) is 0. The van der Waals surface area contributed by atoms with Crippen LogP contribution in [-0.4, -0.2) is 42.1 Å². The number of carboxylic acid groups (broad SMARTS) is 1. The highest BCUT2D eigenvalue weighted by Gasteiger charge is 2.30. The SMILES string of the molecule is O=C(COc1ccccc1)NCC(=O)N[C@@H]1CC[C@H](C(=O)O)C1. The number of carbonyl (C=O) groups excluding carboxylic acids is 2. The number of benzene rings is 1. The number of hydrogen-bond acceptors (Lipinski definition) is 4. The summed E-state index contributed by atoms with van der Waals surface area (Å²) in [6.07, 6.45) is 1.65. The molecule has 2 atom stereocenters. The van der Waals surface area contributed by atoms with Crippen molar-refractivity contribution in [3.05, 3.63) is 30.3 Å². The molecule has 1 fully saturated rings. The number of para-hydroxylation sites is 1. The number of ether oxygens (including phenoxy) is 1. The van der Waals surface area contributed by atoms with Crippen LogP contribution < -0.4 is 15.4 Å². The fourth-order valence-electron chi connectivity index (χ4n) is 2.51. The first-order valence-corrected chi connectivity index (χ1v) is 7.51. The number of aliphatic carboxylic acids is 1. The zero-order valence-electron chi connectivity index (χ0n) is 12.7. The molecule has 1 saturated carbocycles. The highest BCUT2D eigenvalue weighted by Crippen LogP contribution is 2.25. The van der Waals surface area contributed by atoms with Crippen LogP contribution in [0, 0.1) is 5.92 Å². The Labute approximate surface area is 134 Å². The largest absolute Gasteiger partial charge is 0.484 e. The molecule has 0 unspecified atom stereocenters. The van der Waals surface area contributed by atoms with Gasteiger partial charge in [-0.3, -0.25) is 14.4 Å². The van der Waals surface area contributed by atoms with Crippen molar-refractivity contribution >= 4 is 17.8 Å². The second-order valence-electron chi connectivity index (χ2n) is 5.49. The first kappa shape index (κ1) is 16.8. The van der Waals surface area contributed by atoms with E-state index in [2.05, 4.69) is 10.6 Å². The van der Waals surface area contributed by atoms with Gasteiger partial charge in [0.05, 0.1) is 12.5 Å². The van der Waals surface area contributed by atoms with E-state index in [-0.39, 0.29) is 31.0 Å². The molecule has 7 heteroatoms. The molecule has 1 aliphatic carbocycles. The van der Waals surface area contributed by atoms with Gasteiger partial charge in [-0.1, -0.05) is 18.2 Å². The van der Waals surface area contributed by atoms with Gasteiger partial charge in [0.25, 0.3) is 5.91 Å². The average Bonchev–Trinajstić information content (AvgIpc) is 3.00. The minimum absolute atomic E-state index is 0.138. The smallest absolute Gasteiger partial charge is 0.306 e. The van der Waals surface area contributed by atoms with Crippen molar-refractivity contribution in [1.29, 1.82) is 0 Å². The fraction of sp³-hybridized carbons (Fsp3) is 0.438. The van der Waals surface area contributed by atoms with E-state index in [0.717, 1.165) is 0 Å². The van der Waals surface area contributed by atoms with Gasteiger partial charge >= 0.3 is 5.97 Å². The molecule has 0 aliphatic heterocycles. The molecular weight excluding hydrogens is 300 g/mol. The minimum Gasteiger partial charge on any atom is -0.484 e. The van der Waals surface area contributed by atoms with Crippen molar-refractivity contribution in [3.8, 4) is 5.75 Å². The van der Waals surface area contributed by atoms with Gasteiger partial charge in [-0.25, -0.2) is 0 Å². The van der Waals surface area contributed by atoms with Crippen molar-refractivity contribution in [3.63, 3.8) is 0 Å². The van der Waals surface area contributed by atoms with Crippen LogP contribution in [0.25, 0.3) is 0 Å². The van der Waals surface area contributed by atoms with Crippen LogP contribution >= 0.6 is 0 Å². The molecular formula is C16H20N2O5. The lowest BCUT2D eigenvalue weighted by Gasteiger charge is -2.13. The maximum Gasteiger partial charge on any atom is 0.306 e. The van der Waals surface area contributed by atoms with Crippen molar-refractivity contribution in [1.82, 2.24) is 10.6 Å². The van der Waals surface area contributed by atoms with E-state index in [4.69, 9.17) is 9.84 Å². The summed E-state index contributed by atoms with van der Waals surface area (Å²) in [6, 6.07) is 8.77. The molecule has 3 N–H and O–H groups in total. The summed E-state index contributed by atoms with van der Waals surface area (Å²) in [6.45, 7) is -0.312. The Hall–Kier alpha value is -2.57. The first-order chi connectivity index (χ1) is 11.0. The Bertz CT molecular complexity index is 561. The Morgan fingerprint density at radius 1 is 1.13 bits per heavy atom. The van der Waals surface area contributed by atoms with Crippen LogP contribution in [0.5, 0.6) is 5.75 Å². The Morgan fingerprint density at radius 2 is 1.87 bits per heavy atom. The maximum atomic E-state index is 11.7. The predicted molar refractivity (Wildman–Crippen MR) is 81.9 cm³/mol. The van der Waals surface area contributed by atoms with Crippen molar-refractivity contribution in [2.75, 3.05) is 13.2 Å². The molecule has 0 bridgehead atoms. The Balaban J connectivity index is 1.62. The van der Waals surface area contributed by atoms with E-state index >= 15 is 0 Å². The summed E-state index contributed by atoms with van der Waals surface area (Å²) in [7, 11) is 0. The number of carbonyl (C=O) groups is 3. The van der Waals surface area contributed by atoms with Crippen LogP contribution in [0.2, 0.25) is 0 Å². The van der Waals surface area contributed by atoms with Crippen molar-refractivity contribution < 1.29 is 24.2 Å². The molecule has 0 heterocycles. The van der Waals surface area contributed by atoms with Crippen molar-refractivity contribution in [2.45, 2.75) is 25.3 Å². The third-order valence-corrected chi connectivity index (χ3v) is 3.71. The molecule has 1 aromatic carbocycles. The minimum atomic E-state index is -0.826. The van der Waals surface area contributed by atoms with Gasteiger partial charge in [0.1, 0.15) is 5.75 Å². The molecule has 124 valence electrons. The monoisotopic (exact) mass is 320 g/mol. The van der Waals surface area contributed by atoms with Gasteiger partial charge in [-0.05, 0) is 31.4 Å². The molecule has 0 aromatic heterocycles. The van der Waals surface area contributed by atoms with Gasteiger partial charge in [0, 0.05) is 6.04 Å². The molecule has 0 radical (unpaired) electrons. The first-order valence-electron chi connectivity index (χ1n) is 7.51. The lowest BCUT2D eigenvalue weighted by molar-refractivity contribution is -0.141. The van der Waals surface area contributed by atoms with E-state index in [9.17, 15) is 14.4 Å². The number of nitrogens with one attached hydrogen (secondary N) is 2. The van der Waals surface area contributed by atoms with E-state index in [0.29, 0.717) is 25.0 Å². The van der Waals surface area contributed by atoms with Crippen LogP contribution in [0.15, 0.2) is 30.3 Å². The number of rotatable bonds is 7. The molecule has 23 heavy (non-hydrogen) atoms. The van der Waals surface area contributed by atoms with Crippen LogP contribution in [0.1, 0.15) is 19.3 Å². The summed E-state index contributed by atoms with van der Waals surface area (Å²) in [5, 5.41) is 14.1. The van der Waals surface area contributed by atoms with Crippen molar-refractivity contribution in [2.24, 2.45) is 5.92 Å². The average molecular weight is 320 g/mol. The molecule has 2 amide bonds. The fourth-order valence-corrected chi connectivity index (χ4v) is 2.51. The second kappa shape index (κ2) is 8.17. The molecule has 0 spiro atoms. The quantitative estimate of drug-likeness (QED) is 0.680. The molecule has 2 rings (SSSR count). The molecule has 1 aliphatic rings. The lowest BCUT2D eigenvalue weighted by Crippen LogP contribution is -2.42. The molecule has 7 nitrogen and oxygen atoms in total. The normalized spacial score (nSPS) is 19.8. The lowest BCUT2D eigenvalue weighted by atomic mass is 10.1. The summed E-state index contributed by atoms with van der Waals surface area (Å²) < 4.78 is 5.26. The number of carboxylic acids is 1. The van der Waals surface area contributed by atoms with E-state index in [1.54, 1.807) is 24.3 Å². The summed E-state index contributed by atoms with van der Waals surface area (Å²) >= 11 is 0. The topological polar surface area (TPSA) is 105 Å². The second-order valence-corrected chi connectivity index (χ2v) is 5.49. The van der Waals surface area contributed by atoms with E-state index < -0.39 is 11.9 Å². The number of amides is 2. The van der Waals surface area contributed by atoms with E-state index in [1.807, 2.05) is 6.07 Å². The van der Waals surface area contributed by atoms with Gasteiger partial charge in [-0.15, -0.1) is 0 Å². The highest BCUT2D eigenvalue weighted by molar-refractivity contribution is 5.85. The van der Waals surface area contributed by atoms with Crippen LogP contribution in [0.4, 0.5) is 0 Å². The Morgan fingerprint density at radius 3 is 2.52 bits per heavy atom. The third-order valence-electron chi connectivity index (χ3n) is 3.71. The van der Waals surface area contributed by atoms with Gasteiger partial charge in [0.15, 0.2) is 6.61 Å². The van der Waals surface area contributed by atoms with Gasteiger partial charge in [-0.2, -0.15) is 0 Å². The predicted octanol–water partition coefficient (Wildman–Crippen LogP) is 0.551. The third kappa shape index (κ3) is 5.61. The van der Waals surface area contributed by atoms with Crippen LogP contribution in [0.3, 0.4) is 0 Å². The van der Waals surface area contributed by atoms with Gasteiger partial charge in [0.2, 0.25) is 5.91 Å².